The van der Waals surface area contributed by atoms with Gasteiger partial charge in [-0.05, 0) is 20.2 Å². The van der Waals surface area contributed by atoms with Crippen LogP contribution in [-0.4, -0.2) is 49.1 Å². The third-order valence-electron chi connectivity index (χ3n) is 3.25. The lowest BCUT2D eigenvalue weighted by molar-refractivity contribution is -0.118. The summed E-state index contributed by atoms with van der Waals surface area (Å²) in [7, 11) is 5.68. The minimum atomic E-state index is 0.0710. The fourth-order valence-electron chi connectivity index (χ4n) is 2.06. The monoisotopic (exact) mass is 324 g/mol. The highest BCUT2D eigenvalue weighted by molar-refractivity contribution is 8.01. The first kappa shape index (κ1) is 18.8. The summed E-state index contributed by atoms with van der Waals surface area (Å²) >= 11 is 1.65. The van der Waals surface area contributed by atoms with Crippen LogP contribution in [0, 0.1) is 0 Å². The Morgan fingerprint density at radius 3 is 2.50 bits per heavy atom. The van der Waals surface area contributed by atoms with E-state index in [2.05, 4.69) is 31.0 Å². The van der Waals surface area contributed by atoms with Crippen molar-refractivity contribution in [3.8, 4) is 5.75 Å². The van der Waals surface area contributed by atoms with Crippen molar-refractivity contribution in [2.75, 3.05) is 33.5 Å². The number of ether oxygens (including phenoxy) is 1. The molecule has 4 nitrogen and oxygen atoms in total. The Morgan fingerprint density at radius 1 is 1.32 bits per heavy atom. The summed E-state index contributed by atoms with van der Waals surface area (Å²) in [5.41, 5.74) is 1.08. The minimum Gasteiger partial charge on any atom is -0.496 e. The Bertz CT molecular complexity index is 484. The van der Waals surface area contributed by atoms with Crippen molar-refractivity contribution >= 4 is 17.7 Å². The highest BCUT2D eigenvalue weighted by Gasteiger charge is 2.19. The molecule has 1 aromatic carbocycles. The average Bonchev–Trinajstić information content (AvgIpc) is 2.44. The van der Waals surface area contributed by atoms with Gasteiger partial charge < -0.3 is 15.0 Å². The van der Waals surface area contributed by atoms with Crippen molar-refractivity contribution in [3.05, 3.63) is 29.8 Å². The van der Waals surface area contributed by atoms with Crippen molar-refractivity contribution in [1.29, 1.82) is 0 Å². The molecule has 0 aliphatic rings. The van der Waals surface area contributed by atoms with Crippen LogP contribution in [0.25, 0.3) is 0 Å². The summed E-state index contributed by atoms with van der Waals surface area (Å²) < 4.78 is 5.53. The third-order valence-corrected chi connectivity index (χ3v) is 4.52. The van der Waals surface area contributed by atoms with Crippen molar-refractivity contribution in [1.82, 2.24) is 10.2 Å². The average molecular weight is 324 g/mol. The van der Waals surface area contributed by atoms with E-state index in [1.807, 2.05) is 38.4 Å². The van der Waals surface area contributed by atoms with Crippen LogP contribution in [0.5, 0.6) is 5.75 Å². The molecular formula is C17H28N2O2S. The summed E-state index contributed by atoms with van der Waals surface area (Å²) in [5, 5.41) is 3.03. The molecular weight excluding hydrogens is 296 g/mol. The summed E-state index contributed by atoms with van der Waals surface area (Å²) in [4.78, 5) is 14.1. The van der Waals surface area contributed by atoms with Gasteiger partial charge in [0.25, 0.3) is 0 Å². The second kappa shape index (κ2) is 8.44. The van der Waals surface area contributed by atoms with Crippen molar-refractivity contribution in [2.24, 2.45) is 0 Å². The molecule has 0 saturated carbocycles. The molecule has 0 spiro atoms. The summed E-state index contributed by atoms with van der Waals surface area (Å²) in [5.74, 6) is 1.40. The number of carbonyl (C=O) groups is 1. The number of amides is 1. The zero-order valence-electron chi connectivity index (χ0n) is 14.5. The molecule has 5 heteroatoms. The summed E-state index contributed by atoms with van der Waals surface area (Å²) in [6.07, 6.45) is 0. The Labute approximate surface area is 138 Å². The molecule has 0 aliphatic carbocycles. The number of nitrogens with one attached hydrogen (secondary N) is 1. The Kier molecular flexibility index (Phi) is 7.23. The number of hydrogen-bond donors (Lipinski definition) is 1. The molecule has 1 N–H and O–H groups in total. The summed E-state index contributed by atoms with van der Waals surface area (Å²) in [6, 6.07) is 8.02. The number of methoxy groups -OCH3 is 1. The first-order valence-corrected chi connectivity index (χ1v) is 8.43. The topological polar surface area (TPSA) is 41.6 Å². The van der Waals surface area contributed by atoms with E-state index >= 15 is 0 Å². The van der Waals surface area contributed by atoms with Gasteiger partial charge in [-0.2, -0.15) is 0 Å². The van der Waals surface area contributed by atoms with Gasteiger partial charge in [-0.1, -0.05) is 39.0 Å². The van der Waals surface area contributed by atoms with Gasteiger partial charge in [0.2, 0.25) is 5.91 Å². The number of benzene rings is 1. The van der Waals surface area contributed by atoms with E-state index in [-0.39, 0.29) is 16.7 Å². The van der Waals surface area contributed by atoms with Gasteiger partial charge in [-0.3, -0.25) is 4.79 Å². The number of para-hydroxylation sites is 1. The van der Waals surface area contributed by atoms with Crippen LogP contribution in [-0.2, 0) is 4.79 Å². The van der Waals surface area contributed by atoms with E-state index in [4.69, 9.17) is 4.74 Å². The third kappa shape index (κ3) is 6.28. The van der Waals surface area contributed by atoms with Gasteiger partial charge in [0.15, 0.2) is 0 Å². The second-order valence-corrected chi connectivity index (χ2v) is 8.23. The normalized spacial score (nSPS) is 13.0. The van der Waals surface area contributed by atoms with E-state index in [0.29, 0.717) is 12.3 Å². The molecule has 0 aromatic heterocycles. The van der Waals surface area contributed by atoms with E-state index in [9.17, 15) is 4.79 Å². The fourth-order valence-corrected chi connectivity index (χ4v) is 2.72. The maximum atomic E-state index is 12.0. The zero-order chi connectivity index (χ0) is 16.8. The van der Waals surface area contributed by atoms with Gasteiger partial charge >= 0.3 is 0 Å². The van der Waals surface area contributed by atoms with Crippen LogP contribution in [0.4, 0.5) is 0 Å². The van der Waals surface area contributed by atoms with Gasteiger partial charge in [0.05, 0.1) is 18.9 Å². The van der Waals surface area contributed by atoms with Crippen molar-refractivity contribution in [2.45, 2.75) is 31.6 Å². The number of thioether (sulfide) groups is 1. The number of rotatable bonds is 7. The first-order valence-electron chi connectivity index (χ1n) is 7.44. The zero-order valence-corrected chi connectivity index (χ0v) is 15.3. The second-order valence-electron chi connectivity index (χ2n) is 6.43. The maximum Gasteiger partial charge on any atom is 0.230 e. The lowest BCUT2D eigenvalue weighted by Crippen LogP contribution is -2.36. The summed E-state index contributed by atoms with van der Waals surface area (Å²) in [6.45, 7) is 6.91. The van der Waals surface area contributed by atoms with Crippen LogP contribution in [0.15, 0.2) is 24.3 Å². The standard InChI is InChI=1S/C17H28N2O2S/c1-17(2,3)22-12-16(20)18-11-14(19(4)5)13-9-7-8-10-15(13)21-6/h7-10,14H,11-12H2,1-6H3,(H,18,20). The Morgan fingerprint density at radius 2 is 1.95 bits per heavy atom. The van der Waals surface area contributed by atoms with Crippen LogP contribution >= 0.6 is 11.8 Å². The van der Waals surface area contributed by atoms with Crippen LogP contribution in [0.2, 0.25) is 0 Å². The highest BCUT2D eigenvalue weighted by atomic mass is 32.2. The molecule has 124 valence electrons. The highest BCUT2D eigenvalue weighted by Crippen LogP contribution is 2.27. The molecule has 0 fully saturated rings. The molecule has 0 bridgehead atoms. The van der Waals surface area contributed by atoms with Gasteiger partial charge in [-0.25, -0.2) is 0 Å². The number of carbonyl (C=O) groups excluding carboxylic acids is 1. The molecule has 0 aliphatic heterocycles. The molecule has 22 heavy (non-hydrogen) atoms. The van der Waals surface area contributed by atoms with Gasteiger partial charge in [0.1, 0.15) is 5.75 Å². The molecule has 1 unspecified atom stereocenters. The minimum absolute atomic E-state index is 0.0710. The van der Waals surface area contributed by atoms with Crippen LogP contribution < -0.4 is 10.1 Å². The number of nitrogens with zero attached hydrogens (tertiary/aromatic N) is 1. The van der Waals surface area contributed by atoms with Crippen molar-refractivity contribution in [3.63, 3.8) is 0 Å². The quantitative estimate of drug-likeness (QED) is 0.837. The molecule has 0 saturated heterocycles. The fraction of sp³-hybridized carbons (Fsp3) is 0.588. The smallest absolute Gasteiger partial charge is 0.230 e. The predicted octanol–water partition coefficient (Wildman–Crippen LogP) is 2.95. The molecule has 1 rings (SSSR count). The molecule has 0 radical (unpaired) electrons. The van der Waals surface area contributed by atoms with Crippen LogP contribution in [0.3, 0.4) is 0 Å². The van der Waals surface area contributed by atoms with E-state index in [1.165, 1.54) is 0 Å². The first-order chi connectivity index (χ1) is 10.2. The number of likely N-dealkylation sites (N-methyl/N-ethyl adjacent to an activating group) is 1. The SMILES string of the molecule is COc1ccccc1C(CNC(=O)CSC(C)(C)C)N(C)C. The van der Waals surface area contributed by atoms with Gasteiger partial charge in [0, 0.05) is 16.9 Å². The van der Waals surface area contributed by atoms with E-state index in [1.54, 1.807) is 18.9 Å². The molecule has 1 aromatic rings. The lowest BCUT2D eigenvalue weighted by Gasteiger charge is -2.26. The molecule has 1 atom stereocenters. The molecule has 0 heterocycles. The molecule has 1 amide bonds. The maximum absolute atomic E-state index is 12.0. The van der Waals surface area contributed by atoms with Gasteiger partial charge in [-0.15, -0.1) is 11.8 Å². The lowest BCUT2D eigenvalue weighted by atomic mass is 10.0. The predicted molar refractivity (Wildman–Crippen MR) is 94.6 cm³/mol. The Hall–Kier alpha value is -1.20. The number of hydrogen-bond acceptors (Lipinski definition) is 4. The van der Waals surface area contributed by atoms with Crippen molar-refractivity contribution < 1.29 is 9.53 Å². The van der Waals surface area contributed by atoms with E-state index < -0.39 is 0 Å². The van der Waals surface area contributed by atoms with Crippen LogP contribution in [0.1, 0.15) is 32.4 Å². The van der Waals surface area contributed by atoms with E-state index in [0.717, 1.165) is 11.3 Å². The largest absolute Gasteiger partial charge is 0.496 e. The Balaban J connectivity index is 2.68.